The fourth-order valence-electron chi connectivity index (χ4n) is 2.70. The number of para-hydroxylation sites is 1. The average Bonchev–Trinajstić information content (AvgIpc) is 2.49. The number of aromatic nitrogens is 1. The van der Waals surface area contributed by atoms with Crippen molar-refractivity contribution in [2.24, 2.45) is 5.84 Å². The van der Waals surface area contributed by atoms with Crippen molar-refractivity contribution in [3.63, 3.8) is 0 Å². The second-order valence-corrected chi connectivity index (χ2v) is 5.38. The second kappa shape index (κ2) is 5.64. The lowest BCUT2D eigenvalue weighted by Crippen LogP contribution is -2.29. The number of aryl methyl sites for hydroxylation is 2. The molecule has 3 nitrogen and oxygen atoms in total. The molecule has 0 aliphatic rings. The van der Waals surface area contributed by atoms with E-state index in [4.69, 9.17) is 5.84 Å². The Hall–Kier alpha value is -2.23. The van der Waals surface area contributed by atoms with Gasteiger partial charge in [0.05, 0.1) is 11.6 Å². The molecular weight excluding hydrogens is 258 g/mol. The summed E-state index contributed by atoms with van der Waals surface area (Å²) in [5, 5.41) is 1.13. The first-order valence-corrected chi connectivity index (χ1v) is 7.08. The number of hydrogen-bond donors (Lipinski definition) is 2. The molecule has 106 valence electrons. The van der Waals surface area contributed by atoms with Gasteiger partial charge in [-0.05, 0) is 37.1 Å². The van der Waals surface area contributed by atoms with Crippen molar-refractivity contribution in [3.05, 3.63) is 77.0 Å². The zero-order valence-corrected chi connectivity index (χ0v) is 12.3. The first kappa shape index (κ1) is 13.7. The van der Waals surface area contributed by atoms with Crippen LogP contribution in [-0.2, 0) is 0 Å². The Morgan fingerprint density at radius 2 is 1.71 bits per heavy atom. The Bertz CT molecular complexity index is 763. The molecule has 3 aromatic rings. The maximum absolute atomic E-state index is 5.85. The summed E-state index contributed by atoms with van der Waals surface area (Å²) in [7, 11) is 0. The quantitative estimate of drug-likeness (QED) is 0.570. The maximum Gasteiger partial charge on any atom is 0.0717 e. The molecule has 0 spiro atoms. The van der Waals surface area contributed by atoms with E-state index in [9.17, 15) is 0 Å². The Labute approximate surface area is 124 Å². The number of nitrogens with two attached hydrogens (primary N) is 1. The van der Waals surface area contributed by atoms with Crippen LogP contribution >= 0.6 is 0 Å². The monoisotopic (exact) mass is 277 g/mol. The molecule has 3 heteroatoms. The maximum atomic E-state index is 5.85. The standard InChI is InChI=1S/C18H19N3/c1-12-7-9-14(10-8-12)18(21-19)16-11-13(2)20-17-6-4-3-5-15(16)17/h3-11,18,21H,19H2,1-2H3. The van der Waals surface area contributed by atoms with Crippen LogP contribution in [0.3, 0.4) is 0 Å². The number of hydrazine groups is 1. The molecule has 2 aromatic carbocycles. The van der Waals surface area contributed by atoms with Crippen LogP contribution in [0.1, 0.15) is 28.4 Å². The van der Waals surface area contributed by atoms with Crippen molar-refractivity contribution in [1.29, 1.82) is 0 Å². The van der Waals surface area contributed by atoms with Crippen molar-refractivity contribution < 1.29 is 0 Å². The molecular formula is C18H19N3. The molecule has 3 rings (SSSR count). The SMILES string of the molecule is Cc1ccc(C(NN)c2cc(C)nc3ccccc23)cc1. The van der Waals surface area contributed by atoms with E-state index in [1.807, 2.05) is 25.1 Å². The molecule has 3 N–H and O–H groups in total. The van der Waals surface area contributed by atoms with Crippen LogP contribution in [0.5, 0.6) is 0 Å². The third-order valence-electron chi connectivity index (χ3n) is 3.76. The molecule has 0 saturated carbocycles. The predicted octanol–water partition coefficient (Wildman–Crippen LogP) is 3.40. The van der Waals surface area contributed by atoms with Gasteiger partial charge in [0.1, 0.15) is 0 Å². The number of benzene rings is 2. The van der Waals surface area contributed by atoms with Crippen LogP contribution in [0.15, 0.2) is 54.6 Å². The van der Waals surface area contributed by atoms with Gasteiger partial charge in [0.15, 0.2) is 0 Å². The van der Waals surface area contributed by atoms with Crippen LogP contribution in [-0.4, -0.2) is 4.98 Å². The second-order valence-electron chi connectivity index (χ2n) is 5.38. The van der Waals surface area contributed by atoms with E-state index >= 15 is 0 Å². The van der Waals surface area contributed by atoms with Crippen LogP contribution in [0, 0.1) is 13.8 Å². The van der Waals surface area contributed by atoms with E-state index in [1.54, 1.807) is 0 Å². The number of nitrogens with one attached hydrogen (secondary N) is 1. The summed E-state index contributed by atoms with van der Waals surface area (Å²) >= 11 is 0. The van der Waals surface area contributed by atoms with Crippen molar-refractivity contribution in [1.82, 2.24) is 10.4 Å². The Morgan fingerprint density at radius 1 is 1.00 bits per heavy atom. The molecule has 1 heterocycles. The van der Waals surface area contributed by atoms with Crippen molar-refractivity contribution in [2.75, 3.05) is 0 Å². The summed E-state index contributed by atoms with van der Waals surface area (Å²) in [5.74, 6) is 5.85. The molecule has 0 radical (unpaired) electrons. The zero-order valence-electron chi connectivity index (χ0n) is 12.3. The minimum Gasteiger partial charge on any atom is -0.271 e. The molecule has 0 amide bonds. The highest BCUT2D eigenvalue weighted by Gasteiger charge is 2.16. The Morgan fingerprint density at radius 3 is 2.43 bits per heavy atom. The minimum absolute atomic E-state index is 0.0443. The van der Waals surface area contributed by atoms with E-state index < -0.39 is 0 Å². The third-order valence-corrected chi connectivity index (χ3v) is 3.76. The van der Waals surface area contributed by atoms with Gasteiger partial charge in [0, 0.05) is 11.1 Å². The minimum atomic E-state index is -0.0443. The molecule has 1 atom stereocenters. The van der Waals surface area contributed by atoms with Crippen LogP contribution in [0.4, 0.5) is 0 Å². The largest absolute Gasteiger partial charge is 0.271 e. The first-order chi connectivity index (χ1) is 10.2. The number of hydrogen-bond acceptors (Lipinski definition) is 3. The highest BCUT2D eigenvalue weighted by atomic mass is 15.2. The predicted molar refractivity (Wildman–Crippen MR) is 86.8 cm³/mol. The summed E-state index contributed by atoms with van der Waals surface area (Å²) in [4.78, 5) is 4.59. The summed E-state index contributed by atoms with van der Waals surface area (Å²) < 4.78 is 0. The van der Waals surface area contributed by atoms with Crippen LogP contribution in [0.2, 0.25) is 0 Å². The summed E-state index contributed by atoms with van der Waals surface area (Å²) in [6.07, 6.45) is 0. The number of pyridine rings is 1. The molecule has 0 bridgehead atoms. The topological polar surface area (TPSA) is 50.9 Å². The van der Waals surface area contributed by atoms with Gasteiger partial charge < -0.3 is 0 Å². The fourth-order valence-corrected chi connectivity index (χ4v) is 2.70. The Kier molecular flexibility index (Phi) is 3.69. The van der Waals surface area contributed by atoms with Crippen molar-refractivity contribution >= 4 is 10.9 Å². The summed E-state index contributed by atoms with van der Waals surface area (Å²) in [5.41, 5.74) is 8.49. The molecule has 1 unspecified atom stereocenters. The lowest BCUT2D eigenvalue weighted by atomic mass is 9.95. The van der Waals surface area contributed by atoms with E-state index in [2.05, 4.69) is 53.7 Å². The normalized spacial score (nSPS) is 12.5. The van der Waals surface area contributed by atoms with Gasteiger partial charge >= 0.3 is 0 Å². The summed E-state index contributed by atoms with van der Waals surface area (Å²) in [6, 6.07) is 18.7. The molecule has 1 aromatic heterocycles. The van der Waals surface area contributed by atoms with Gasteiger partial charge in [0.2, 0.25) is 0 Å². The van der Waals surface area contributed by atoms with E-state index in [0.717, 1.165) is 27.7 Å². The lowest BCUT2D eigenvalue weighted by Gasteiger charge is -2.19. The van der Waals surface area contributed by atoms with Crippen molar-refractivity contribution in [3.8, 4) is 0 Å². The van der Waals surface area contributed by atoms with Gasteiger partial charge in [-0.3, -0.25) is 10.8 Å². The Balaban J connectivity index is 2.19. The van der Waals surface area contributed by atoms with Crippen LogP contribution < -0.4 is 11.3 Å². The van der Waals surface area contributed by atoms with Crippen molar-refractivity contribution in [2.45, 2.75) is 19.9 Å². The fraction of sp³-hybridized carbons (Fsp3) is 0.167. The first-order valence-electron chi connectivity index (χ1n) is 7.08. The molecule has 0 saturated heterocycles. The van der Waals surface area contributed by atoms with E-state index in [0.29, 0.717) is 0 Å². The van der Waals surface area contributed by atoms with Crippen LogP contribution in [0.25, 0.3) is 10.9 Å². The highest BCUT2D eigenvalue weighted by molar-refractivity contribution is 5.83. The van der Waals surface area contributed by atoms with Gasteiger partial charge in [0.25, 0.3) is 0 Å². The van der Waals surface area contributed by atoms with E-state index in [1.165, 1.54) is 5.56 Å². The smallest absolute Gasteiger partial charge is 0.0717 e. The zero-order chi connectivity index (χ0) is 14.8. The highest BCUT2D eigenvalue weighted by Crippen LogP contribution is 2.28. The van der Waals surface area contributed by atoms with Gasteiger partial charge in [-0.15, -0.1) is 0 Å². The molecule has 0 fully saturated rings. The summed E-state index contributed by atoms with van der Waals surface area (Å²) in [6.45, 7) is 4.10. The van der Waals surface area contributed by atoms with Gasteiger partial charge in [-0.1, -0.05) is 48.0 Å². The molecule has 0 aliphatic carbocycles. The average molecular weight is 277 g/mol. The molecule has 21 heavy (non-hydrogen) atoms. The third kappa shape index (κ3) is 2.66. The number of nitrogens with zero attached hydrogens (tertiary/aromatic N) is 1. The number of rotatable bonds is 3. The van der Waals surface area contributed by atoms with E-state index in [-0.39, 0.29) is 6.04 Å². The van der Waals surface area contributed by atoms with Gasteiger partial charge in [-0.25, -0.2) is 5.43 Å². The molecule has 0 aliphatic heterocycles. The number of fused-ring (bicyclic) bond motifs is 1. The van der Waals surface area contributed by atoms with Gasteiger partial charge in [-0.2, -0.15) is 0 Å². The lowest BCUT2D eigenvalue weighted by molar-refractivity contribution is 0.640.